The molecule has 3 aromatic carbocycles. The van der Waals surface area contributed by atoms with Crippen molar-refractivity contribution >= 4 is 27.9 Å². The first kappa shape index (κ1) is 12.0. The number of hydrogen-bond donors (Lipinski definition) is 0. The summed E-state index contributed by atoms with van der Waals surface area (Å²) in [5.41, 5.74) is 4.63. The van der Waals surface area contributed by atoms with Crippen LogP contribution >= 0.6 is 0 Å². The summed E-state index contributed by atoms with van der Waals surface area (Å²) >= 11 is 0. The zero-order valence-electron chi connectivity index (χ0n) is 11.5. The monoisotopic (exact) mass is 268 g/mol. The largest absolute Gasteiger partial charge is 0.309 e. The van der Waals surface area contributed by atoms with Gasteiger partial charge in [-0.1, -0.05) is 55.1 Å². The Kier molecular flexibility index (Phi) is 2.65. The molecule has 21 heavy (non-hydrogen) atoms. The van der Waals surface area contributed by atoms with Gasteiger partial charge >= 0.3 is 0 Å². The first-order chi connectivity index (χ1) is 10.4. The summed E-state index contributed by atoms with van der Waals surface area (Å²) in [6, 6.07) is 25.3. The molecule has 4 rings (SSSR count). The number of benzene rings is 3. The molecule has 0 aliphatic heterocycles. The first-order valence-electron chi connectivity index (χ1n) is 7.02. The van der Waals surface area contributed by atoms with Crippen LogP contribution in [0.15, 0.2) is 72.8 Å². The topological polar surface area (TPSA) is 4.93 Å². The number of hydrogen-bond acceptors (Lipinski definition) is 0. The Hall–Kier alpha value is -2.80. The van der Waals surface area contributed by atoms with Crippen LogP contribution in [0, 0.1) is 6.58 Å². The van der Waals surface area contributed by atoms with Crippen molar-refractivity contribution < 1.29 is 0 Å². The summed E-state index contributed by atoms with van der Waals surface area (Å²) in [5.74, 6) is 0. The number of nitrogens with zero attached hydrogens (tertiary/aromatic N) is 1. The van der Waals surface area contributed by atoms with Crippen LogP contribution in [0.25, 0.3) is 33.6 Å². The minimum Gasteiger partial charge on any atom is -0.309 e. The van der Waals surface area contributed by atoms with Gasteiger partial charge in [0.25, 0.3) is 0 Å². The molecule has 1 nitrogen and oxygen atoms in total. The molecule has 1 heterocycles. The van der Waals surface area contributed by atoms with Crippen molar-refractivity contribution in [3.8, 4) is 5.69 Å². The van der Waals surface area contributed by atoms with E-state index in [1.807, 2.05) is 6.07 Å². The van der Waals surface area contributed by atoms with Crippen molar-refractivity contribution in [2.24, 2.45) is 0 Å². The van der Waals surface area contributed by atoms with E-state index in [2.05, 4.69) is 71.3 Å². The van der Waals surface area contributed by atoms with Crippen LogP contribution in [0.2, 0.25) is 0 Å². The van der Waals surface area contributed by atoms with Crippen molar-refractivity contribution in [1.82, 2.24) is 4.57 Å². The molecule has 0 N–H and O–H groups in total. The molecule has 0 aliphatic rings. The molecule has 0 bridgehead atoms. The van der Waals surface area contributed by atoms with E-state index in [4.69, 9.17) is 6.58 Å². The number of rotatable bonds is 2. The van der Waals surface area contributed by atoms with Crippen molar-refractivity contribution in [2.75, 3.05) is 0 Å². The Balaban J connectivity index is 2.20. The highest BCUT2D eigenvalue weighted by atomic mass is 15.0. The molecule has 1 radical (unpaired) electrons. The second-order valence-electron chi connectivity index (χ2n) is 5.13. The third-order valence-electron chi connectivity index (χ3n) is 3.90. The molecular formula is C20H14N. The number of aromatic nitrogens is 1. The van der Waals surface area contributed by atoms with Gasteiger partial charge in [-0.05, 0) is 35.9 Å². The van der Waals surface area contributed by atoms with E-state index in [0.29, 0.717) is 0 Å². The minimum absolute atomic E-state index is 1.04. The molecule has 0 atom stereocenters. The summed E-state index contributed by atoms with van der Waals surface area (Å²) in [6.45, 7) is 5.67. The van der Waals surface area contributed by atoms with Crippen molar-refractivity contribution in [3.05, 3.63) is 84.9 Å². The van der Waals surface area contributed by atoms with Gasteiger partial charge in [0, 0.05) is 16.5 Å². The van der Waals surface area contributed by atoms with Crippen LogP contribution in [0.5, 0.6) is 0 Å². The molecule has 0 spiro atoms. The molecule has 0 aliphatic carbocycles. The van der Waals surface area contributed by atoms with E-state index in [1.54, 1.807) is 6.08 Å². The van der Waals surface area contributed by atoms with Crippen LogP contribution in [-0.4, -0.2) is 4.57 Å². The minimum atomic E-state index is 1.04. The lowest BCUT2D eigenvalue weighted by Gasteiger charge is -2.07. The zero-order chi connectivity index (χ0) is 14.2. The molecule has 0 saturated heterocycles. The van der Waals surface area contributed by atoms with E-state index < -0.39 is 0 Å². The van der Waals surface area contributed by atoms with E-state index in [9.17, 15) is 0 Å². The molecule has 1 heteroatoms. The summed E-state index contributed by atoms with van der Waals surface area (Å²) in [7, 11) is 0. The second kappa shape index (κ2) is 4.64. The Morgan fingerprint density at radius 3 is 2.24 bits per heavy atom. The summed E-state index contributed by atoms with van der Waals surface area (Å²) < 4.78 is 2.30. The Labute approximate surface area is 123 Å². The Morgan fingerprint density at radius 2 is 1.43 bits per heavy atom. The van der Waals surface area contributed by atoms with Crippen LogP contribution in [0.3, 0.4) is 0 Å². The Bertz CT molecular complexity index is 946. The van der Waals surface area contributed by atoms with E-state index in [1.165, 1.54) is 27.5 Å². The van der Waals surface area contributed by atoms with Gasteiger partial charge in [0.15, 0.2) is 0 Å². The fraction of sp³-hybridized carbons (Fsp3) is 0. The van der Waals surface area contributed by atoms with Crippen molar-refractivity contribution in [2.45, 2.75) is 0 Å². The first-order valence-corrected chi connectivity index (χ1v) is 7.02. The SMILES string of the molecule is [CH]=Cc1ccc2c(c1)c1ccccc1n2-c1ccccc1. The van der Waals surface area contributed by atoms with E-state index >= 15 is 0 Å². The number of para-hydroxylation sites is 2. The van der Waals surface area contributed by atoms with Gasteiger partial charge < -0.3 is 4.57 Å². The molecule has 0 unspecified atom stereocenters. The molecule has 1 aromatic heterocycles. The van der Waals surface area contributed by atoms with Gasteiger partial charge in [0.2, 0.25) is 0 Å². The lowest BCUT2D eigenvalue weighted by atomic mass is 10.1. The van der Waals surface area contributed by atoms with Crippen LogP contribution in [0.4, 0.5) is 0 Å². The van der Waals surface area contributed by atoms with Crippen LogP contribution < -0.4 is 0 Å². The average molecular weight is 268 g/mol. The molecule has 4 aromatic rings. The third kappa shape index (κ3) is 1.78. The highest BCUT2D eigenvalue weighted by Gasteiger charge is 2.11. The fourth-order valence-electron chi connectivity index (χ4n) is 2.95. The number of fused-ring (bicyclic) bond motifs is 3. The maximum Gasteiger partial charge on any atom is 0.0541 e. The summed E-state index contributed by atoms with van der Waals surface area (Å²) in [6.07, 6.45) is 1.65. The lowest BCUT2D eigenvalue weighted by molar-refractivity contribution is 1.18. The second-order valence-corrected chi connectivity index (χ2v) is 5.13. The van der Waals surface area contributed by atoms with Gasteiger partial charge in [-0.15, -0.1) is 0 Å². The normalized spacial score (nSPS) is 11.0. The smallest absolute Gasteiger partial charge is 0.0541 e. The van der Waals surface area contributed by atoms with Crippen molar-refractivity contribution in [3.63, 3.8) is 0 Å². The highest BCUT2D eigenvalue weighted by Crippen LogP contribution is 2.32. The standard InChI is InChI=1S/C20H14N/c1-2-15-12-13-20-18(14-15)17-10-6-7-11-19(17)21(20)16-8-4-3-5-9-16/h1-14H. The average Bonchev–Trinajstić information content (AvgIpc) is 2.89. The quantitative estimate of drug-likeness (QED) is 0.469. The fourth-order valence-corrected chi connectivity index (χ4v) is 2.95. The van der Waals surface area contributed by atoms with Crippen molar-refractivity contribution in [1.29, 1.82) is 0 Å². The lowest BCUT2D eigenvalue weighted by Crippen LogP contribution is -1.92. The molecule has 0 saturated carbocycles. The third-order valence-corrected chi connectivity index (χ3v) is 3.90. The predicted molar refractivity (Wildman–Crippen MR) is 89.5 cm³/mol. The molecule has 0 amide bonds. The maximum absolute atomic E-state index is 5.67. The van der Waals surface area contributed by atoms with Crippen LogP contribution in [-0.2, 0) is 0 Å². The molecular weight excluding hydrogens is 254 g/mol. The van der Waals surface area contributed by atoms with Gasteiger partial charge in [0.1, 0.15) is 0 Å². The molecule has 0 fully saturated rings. The van der Waals surface area contributed by atoms with Gasteiger partial charge in [-0.3, -0.25) is 0 Å². The zero-order valence-corrected chi connectivity index (χ0v) is 11.5. The van der Waals surface area contributed by atoms with Gasteiger partial charge in [0.05, 0.1) is 11.0 Å². The Morgan fingerprint density at radius 1 is 0.714 bits per heavy atom. The maximum atomic E-state index is 5.67. The van der Waals surface area contributed by atoms with E-state index in [0.717, 1.165) is 5.56 Å². The van der Waals surface area contributed by atoms with Gasteiger partial charge in [-0.25, -0.2) is 0 Å². The summed E-state index contributed by atoms with van der Waals surface area (Å²) in [5, 5.41) is 2.48. The van der Waals surface area contributed by atoms with Crippen LogP contribution in [0.1, 0.15) is 5.56 Å². The van der Waals surface area contributed by atoms with E-state index in [-0.39, 0.29) is 0 Å². The van der Waals surface area contributed by atoms with Gasteiger partial charge in [-0.2, -0.15) is 0 Å². The summed E-state index contributed by atoms with van der Waals surface area (Å²) in [4.78, 5) is 0. The molecule has 99 valence electrons. The predicted octanol–water partition coefficient (Wildman–Crippen LogP) is 5.23. The highest BCUT2D eigenvalue weighted by molar-refractivity contribution is 6.09.